The van der Waals surface area contributed by atoms with E-state index < -0.39 is 11.9 Å². The summed E-state index contributed by atoms with van der Waals surface area (Å²) in [5, 5.41) is 8.42. The van der Waals surface area contributed by atoms with Crippen LogP contribution in [0.1, 0.15) is 25.7 Å². The number of carbonyl (C=O) groups excluding carboxylic acids is 2. The lowest BCUT2D eigenvalue weighted by atomic mass is 10.2. The van der Waals surface area contributed by atoms with Gasteiger partial charge in [-0.15, -0.1) is 11.3 Å². The topological polar surface area (TPSA) is 90.3 Å². The summed E-state index contributed by atoms with van der Waals surface area (Å²) >= 11 is 1.16. The summed E-state index contributed by atoms with van der Waals surface area (Å²) in [4.78, 5) is 36.4. The van der Waals surface area contributed by atoms with Crippen molar-refractivity contribution >= 4 is 28.9 Å². The Bertz CT molecular complexity index is 995. The van der Waals surface area contributed by atoms with E-state index in [0.717, 1.165) is 16.9 Å². The van der Waals surface area contributed by atoms with Crippen molar-refractivity contribution in [2.45, 2.75) is 6.54 Å². The molecule has 7 nitrogen and oxygen atoms in total. The Morgan fingerprint density at radius 1 is 1.15 bits per heavy atom. The molecule has 0 spiro atoms. The number of thiophene rings is 1. The van der Waals surface area contributed by atoms with Crippen LogP contribution in [0.5, 0.6) is 0 Å². The standard InChI is InChI=1S/C18H15N3O4S/c1-25-18(24)16-13(9-10-26-16)19-17(23)14-7-8-15(22)21(20-14)11-12-5-3-2-4-6-12/h2-10H,11H2,1H3,(H,19,23). The van der Waals surface area contributed by atoms with Crippen LogP contribution in [0.2, 0.25) is 0 Å². The van der Waals surface area contributed by atoms with Crippen LogP contribution in [0.15, 0.2) is 58.7 Å². The van der Waals surface area contributed by atoms with E-state index in [9.17, 15) is 14.4 Å². The molecule has 26 heavy (non-hydrogen) atoms. The number of nitrogens with one attached hydrogen (secondary N) is 1. The largest absolute Gasteiger partial charge is 0.465 e. The molecule has 0 saturated carbocycles. The lowest BCUT2D eigenvalue weighted by Gasteiger charge is -2.08. The van der Waals surface area contributed by atoms with E-state index in [0.29, 0.717) is 10.6 Å². The van der Waals surface area contributed by atoms with Crippen LogP contribution in [0.25, 0.3) is 0 Å². The lowest BCUT2D eigenvalue weighted by Crippen LogP contribution is -2.26. The third-order valence-electron chi connectivity index (χ3n) is 3.56. The molecule has 0 aliphatic rings. The molecule has 0 aliphatic heterocycles. The average Bonchev–Trinajstić information content (AvgIpc) is 3.11. The maximum absolute atomic E-state index is 12.5. The molecule has 3 rings (SSSR count). The van der Waals surface area contributed by atoms with Gasteiger partial charge >= 0.3 is 5.97 Å². The van der Waals surface area contributed by atoms with Crippen LogP contribution in [0.4, 0.5) is 5.69 Å². The first kappa shape index (κ1) is 17.6. The Morgan fingerprint density at radius 2 is 1.92 bits per heavy atom. The number of ether oxygens (including phenoxy) is 1. The van der Waals surface area contributed by atoms with Gasteiger partial charge in [0.05, 0.1) is 19.3 Å². The number of carbonyl (C=O) groups is 2. The first-order valence-corrected chi connectivity index (χ1v) is 8.55. The second-order valence-electron chi connectivity index (χ2n) is 5.31. The Balaban J connectivity index is 1.82. The Kier molecular flexibility index (Phi) is 5.23. The Morgan fingerprint density at radius 3 is 2.65 bits per heavy atom. The molecule has 0 unspecified atom stereocenters. The molecule has 0 fully saturated rings. The van der Waals surface area contributed by atoms with Crippen LogP contribution in [-0.4, -0.2) is 28.8 Å². The van der Waals surface area contributed by atoms with Gasteiger partial charge in [0.2, 0.25) is 0 Å². The van der Waals surface area contributed by atoms with Crippen LogP contribution in [-0.2, 0) is 11.3 Å². The van der Waals surface area contributed by atoms with Crippen molar-refractivity contribution in [3.63, 3.8) is 0 Å². The number of hydrogen-bond donors (Lipinski definition) is 1. The third kappa shape index (κ3) is 3.86. The minimum Gasteiger partial charge on any atom is -0.465 e. The van der Waals surface area contributed by atoms with Gasteiger partial charge in [-0.05, 0) is 23.1 Å². The molecular weight excluding hydrogens is 354 g/mol. The lowest BCUT2D eigenvalue weighted by molar-refractivity contribution is 0.0607. The predicted molar refractivity (Wildman–Crippen MR) is 97.7 cm³/mol. The predicted octanol–water partition coefficient (Wildman–Crippen LogP) is 2.39. The number of nitrogens with zero attached hydrogens (tertiary/aromatic N) is 2. The van der Waals surface area contributed by atoms with E-state index in [1.807, 2.05) is 30.3 Å². The molecule has 0 bridgehead atoms. The number of esters is 1. The van der Waals surface area contributed by atoms with Crippen molar-refractivity contribution < 1.29 is 14.3 Å². The number of hydrogen-bond acceptors (Lipinski definition) is 6. The Labute approximate surface area is 152 Å². The van der Waals surface area contributed by atoms with Gasteiger partial charge < -0.3 is 10.1 Å². The van der Waals surface area contributed by atoms with Crippen molar-refractivity contribution in [1.29, 1.82) is 0 Å². The first-order chi connectivity index (χ1) is 12.6. The van der Waals surface area contributed by atoms with Crippen molar-refractivity contribution in [3.8, 4) is 0 Å². The number of benzene rings is 1. The van der Waals surface area contributed by atoms with E-state index in [-0.39, 0.29) is 17.8 Å². The van der Waals surface area contributed by atoms with Gasteiger partial charge in [-0.3, -0.25) is 9.59 Å². The number of rotatable bonds is 5. The smallest absolute Gasteiger partial charge is 0.350 e. The van der Waals surface area contributed by atoms with E-state index in [1.165, 1.54) is 23.9 Å². The minimum atomic E-state index is -0.530. The number of anilines is 1. The van der Waals surface area contributed by atoms with Gasteiger partial charge in [0, 0.05) is 6.07 Å². The highest BCUT2D eigenvalue weighted by molar-refractivity contribution is 7.12. The molecule has 2 aromatic heterocycles. The zero-order chi connectivity index (χ0) is 18.5. The van der Waals surface area contributed by atoms with Gasteiger partial charge in [-0.25, -0.2) is 9.48 Å². The summed E-state index contributed by atoms with van der Waals surface area (Å²) in [5.74, 6) is -1.05. The molecule has 8 heteroatoms. The Hall–Kier alpha value is -3.26. The second kappa shape index (κ2) is 7.75. The van der Waals surface area contributed by atoms with Crippen LogP contribution in [0, 0.1) is 0 Å². The summed E-state index contributed by atoms with van der Waals surface area (Å²) in [6.45, 7) is 0.257. The summed E-state index contributed by atoms with van der Waals surface area (Å²) in [6.07, 6.45) is 0. The highest BCUT2D eigenvalue weighted by Gasteiger charge is 2.17. The van der Waals surface area contributed by atoms with Gasteiger partial charge in [0.1, 0.15) is 10.6 Å². The summed E-state index contributed by atoms with van der Waals surface area (Å²) in [5.41, 5.74) is 0.999. The molecule has 0 atom stereocenters. The molecule has 1 aromatic carbocycles. The van der Waals surface area contributed by atoms with E-state index in [4.69, 9.17) is 0 Å². The van der Waals surface area contributed by atoms with Crippen LogP contribution in [0.3, 0.4) is 0 Å². The van der Waals surface area contributed by atoms with Gasteiger partial charge in [-0.1, -0.05) is 30.3 Å². The first-order valence-electron chi connectivity index (χ1n) is 7.67. The zero-order valence-corrected chi connectivity index (χ0v) is 14.7. The highest BCUT2D eigenvalue weighted by Crippen LogP contribution is 2.23. The molecule has 0 saturated heterocycles. The van der Waals surface area contributed by atoms with Gasteiger partial charge in [0.25, 0.3) is 11.5 Å². The number of methoxy groups -OCH3 is 1. The monoisotopic (exact) mass is 369 g/mol. The van der Waals surface area contributed by atoms with Crippen molar-refractivity contribution in [3.05, 3.63) is 80.4 Å². The maximum atomic E-state index is 12.5. The van der Waals surface area contributed by atoms with Crippen LogP contribution < -0.4 is 10.9 Å². The van der Waals surface area contributed by atoms with Gasteiger partial charge in [0.15, 0.2) is 0 Å². The third-order valence-corrected chi connectivity index (χ3v) is 4.45. The SMILES string of the molecule is COC(=O)c1sccc1NC(=O)c1ccc(=O)n(Cc2ccccc2)n1. The van der Waals surface area contributed by atoms with E-state index in [2.05, 4.69) is 15.2 Å². The number of amides is 1. The van der Waals surface area contributed by atoms with Crippen molar-refractivity contribution in [2.24, 2.45) is 0 Å². The molecule has 132 valence electrons. The second-order valence-corrected chi connectivity index (χ2v) is 6.23. The summed E-state index contributed by atoms with van der Waals surface area (Å²) < 4.78 is 5.90. The van der Waals surface area contributed by atoms with Crippen molar-refractivity contribution in [1.82, 2.24) is 9.78 Å². The molecule has 2 heterocycles. The zero-order valence-electron chi connectivity index (χ0n) is 13.8. The van der Waals surface area contributed by atoms with Crippen molar-refractivity contribution in [2.75, 3.05) is 12.4 Å². The molecule has 0 radical (unpaired) electrons. The van der Waals surface area contributed by atoms with E-state index in [1.54, 1.807) is 11.4 Å². The number of aromatic nitrogens is 2. The maximum Gasteiger partial charge on any atom is 0.350 e. The van der Waals surface area contributed by atoms with E-state index >= 15 is 0 Å². The fraction of sp³-hybridized carbons (Fsp3) is 0.111. The molecule has 1 N–H and O–H groups in total. The quantitative estimate of drug-likeness (QED) is 0.698. The molecule has 3 aromatic rings. The fourth-order valence-corrected chi connectivity index (χ4v) is 3.05. The molecule has 0 aliphatic carbocycles. The molecular formula is C18H15N3O4S. The average molecular weight is 369 g/mol. The van der Waals surface area contributed by atoms with Crippen LogP contribution >= 0.6 is 11.3 Å². The fourth-order valence-electron chi connectivity index (χ4n) is 2.28. The summed E-state index contributed by atoms with van der Waals surface area (Å²) in [6, 6.07) is 13.6. The normalized spacial score (nSPS) is 10.3. The highest BCUT2D eigenvalue weighted by atomic mass is 32.1. The minimum absolute atomic E-state index is 0.0718. The summed E-state index contributed by atoms with van der Waals surface area (Å²) in [7, 11) is 1.27. The van der Waals surface area contributed by atoms with Gasteiger partial charge in [-0.2, -0.15) is 5.10 Å². The molecule has 1 amide bonds.